The Balaban J connectivity index is 1.44. The number of halogens is 1. The molecule has 0 bridgehead atoms. The number of carbonyl (C=O) groups excluding carboxylic acids is 1. The molecule has 0 saturated carbocycles. The number of thiophene rings is 1. The van der Waals surface area contributed by atoms with Crippen LogP contribution in [-0.4, -0.2) is 29.1 Å². The first-order valence-corrected chi connectivity index (χ1v) is 11.9. The number of ether oxygens (including phenoxy) is 2. The average molecular weight is 498 g/mol. The van der Waals surface area contributed by atoms with Gasteiger partial charge in [-0.05, 0) is 36.2 Å². The summed E-state index contributed by atoms with van der Waals surface area (Å²) in [5.41, 5.74) is 8.52. The predicted octanol–water partition coefficient (Wildman–Crippen LogP) is 4.80. The van der Waals surface area contributed by atoms with Crippen LogP contribution in [0.1, 0.15) is 27.9 Å². The van der Waals surface area contributed by atoms with Gasteiger partial charge in [-0.2, -0.15) is 0 Å². The number of nitrogens with one attached hydrogen (secondary N) is 1. The van der Waals surface area contributed by atoms with E-state index < -0.39 is 0 Å². The first-order valence-electron chi connectivity index (χ1n) is 10.7. The van der Waals surface area contributed by atoms with E-state index in [2.05, 4.69) is 10.3 Å². The van der Waals surface area contributed by atoms with Crippen LogP contribution in [0.3, 0.4) is 0 Å². The fourth-order valence-corrected chi connectivity index (χ4v) is 4.50. The van der Waals surface area contributed by atoms with Crippen molar-refractivity contribution in [2.24, 2.45) is 0 Å². The summed E-state index contributed by atoms with van der Waals surface area (Å²) in [6, 6.07) is 14.9. The summed E-state index contributed by atoms with van der Waals surface area (Å²) >= 11 is 7.26. The molecular formula is C25H24ClN3O4S. The number of carbonyl (C=O) groups is 1. The van der Waals surface area contributed by atoms with Crippen LogP contribution < -0.4 is 20.5 Å². The van der Waals surface area contributed by atoms with E-state index >= 15 is 0 Å². The van der Waals surface area contributed by atoms with E-state index in [-0.39, 0.29) is 19.1 Å². The fourth-order valence-electron chi connectivity index (χ4n) is 3.32. The van der Waals surface area contributed by atoms with Gasteiger partial charge < -0.3 is 25.6 Å². The molecule has 7 nitrogen and oxygen atoms in total. The number of rotatable bonds is 10. The summed E-state index contributed by atoms with van der Waals surface area (Å²) in [4.78, 5) is 16.8. The highest BCUT2D eigenvalue weighted by atomic mass is 35.5. The third-order valence-electron chi connectivity index (χ3n) is 5.10. The van der Waals surface area contributed by atoms with Crippen LogP contribution in [-0.2, 0) is 13.2 Å². The molecular weight excluding hydrogens is 474 g/mol. The molecule has 0 fully saturated rings. The van der Waals surface area contributed by atoms with Gasteiger partial charge in [0.1, 0.15) is 24.7 Å². The first-order chi connectivity index (χ1) is 16.5. The summed E-state index contributed by atoms with van der Waals surface area (Å²) in [5.74, 6) is 1.07. The third-order valence-corrected chi connectivity index (χ3v) is 6.47. The van der Waals surface area contributed by atoms with Gasteiger partial charge in [0.2, 0.25) is 0 Å². The maximum atomic E-state index is 12.5. The monoisotopic (exact) mass is 497 g/mol. The van der Waals surface area contributed by atoms with Gasteiger partial charge in [-0.15, -0.1) is 11.3 Å². The average Bonchev–Trinajstić information content (AvgIpc) is 3.17. The molecule has 0 aliphatic rings. The minimum atomic E-state index is -0.245. The lowest BCUT2D eigenvalue weighted by Crippen LogP contribution is -2.25. The number of hydrogen-bond acceptors (Lipinski definition) is 7. The summed E-state index contributed by atoms with van der Waals surface area (Å²) in [5, 5.41) is 13.7. The van der Waals surface area contributed by atoms with Gasteiger partial charge >= 0.3 is 0 Å². The highest BCUT2D eigenvalue weighted by Gasteiger charge is 2.18. The molecule has 1 amide bonds. The smallest absolute Gasteiger partial charge is 0.254 e. The van der Waals surface area contributed by atoms with Crippen molar-refractivity contribution in [1.82, 2.24) is 10.3 Å². The number of nitrogen functional groups attached to an aromatic ring is 1. The van der Waals surface area contributed by atoms with Crippen molar-refractivity contribution in [1.29, 1.82) is 0 Å². The Morgan fingerprint density at radius 2 is 1.82 bits per heavy atom. The SMILES string of the molecule is Nc1sc2c(C(=O)NCCCO)cncc2c1COc1cccc(OCc2ccc(Cl)cc2)c1. The second-order valence-corrected chi connectivity index (χ2v) is 9.01. The quantitative estimate of drug-likeness (QED) is 0.272. The Morgan fingerprint density at radius 3 is 2.56 bits per heavy atom. The van der Waals surface area contributed by atoms with E-state index in [4.69, 9.17) is 31.9 Å². The van der Waals surface area contributed by atoms with Crippen molar-refractivity contribution in [2.75, 3.05) is 18.9 Å². The number of amides is 1. The molecule has 2 aromatic carbocycles. The molecule has 0 aliphatic carbocycles. The van der Waals surface area contributed by atoms with Gasteiger partial charge in [-0.3, -0.25) is 9.78 Å². The largest absolute Gasteiger partial charge is 0.489 e. The Morgan fingerprint density at radius 1 is 1.09 bits per heavy atom. The molecule has 0 atom stereocenters. The Labute approximate surface area is 206 Å². The molecule has 4 aromatic rings. The zero-order valence-electron chi connectivity index (χ0n) is 18.3. The number of nitrogens with zero attached hydrogens (tertiary/aromatic N) is 1. The number of benzene rings is 2. The van der Waals surface area contributed by atoms with Crippen LogP contribution in [0.15, 0.2) is 60.9 Å². The molecule has 0 aliphatic heterocycles. The molecule has 0 saturated heterocycles. The van der Waals surface area contributed by atoms with Crippen LogP contribution >= 0.6 is 22.9 Å². The third kappa shape index (κ3) is 5.77. The van der Waals surface area contributed by atoms with Crippen molar-refractivity contribution in [3.8, 4) is 11.5 Å². The Bertz CT molecular complexity index is 1280. The predicted molar refractivity (Wildman–Crippen MR) is 135 cm³/mol. The van der Waals surface area contributed by atoms with Crippen molar-refractivity contribution in [2.45, 2.75) is 19.6 Å². The zero-order valence-corrected chi connectivity index (χ0v) is 19.9. The lowest BCUT2D eigenvalue weighted by atomic mass is 10.1. The van der Waals surface area contributed by atoms with E-state index in [1.165, 1.54) is 17.5 Å². The van der Waals surface area contributed by atoms with Gasteiger partial charge in [0, 0.05) is 47.6 Å². The van der Waals surface area contributed by atoms with E-state index in [0.29, 0.717) is 46.7 Å². The van der Waals surface area contributed by atoms with Gasteiger partial charge in [0.05, 0.1) is 15.3 Å². The normalized spacial score (nSPS) is 10.9. The number of aromatic nitrogens is 1. The minimum absolute atomic E-state index is 0.0174. The second-order valence-electron chi connectivity index (χ2n) is 7.52. The molecule has 9 heteroatoms. The van der Waals surface area contributed by atoms with E-state index in [1.54, 1.807) is 6.20 Å². The lowest BCUT2D eigenvalue weighted by Gasteiger charge is -2.10. The minimum Gasteiger partial charge on any atom is -0.489 e. The molecule has 4 rings (SSSR count). The number of aliphatic hydroxyl groups is 1. The summed E-state index contributed by atoms with van der Waals surface area (Å²) < 4.78 is 12.6. The summed E-state index contributed by atoms with van der Waals surface area (Å²) in [7, 11) is 0. The molecule has 2 heterocycles. The van der Waals surface area contributed by atoms with E-state index in [1.807, 2.05) is 48.5 Å². The molecule has 176 valence electrons. The van der Waals surface area contributed by atoms with Gasteiger partial charge in [0.15, 0.2) is 0 Å². The summed E-state index contributed by atoms with van der Waals surface area (Å²) in [6.07, 6.45) is 3.71. The van der Waals surface area contributed by atoms with Gasteiger partial charge in [-0.25, -0.2) is 0 Å². The van der Waals surface area contributed by atoms with Crippen molar-refractivity contribution in [3.63, 3.8) is 0 Å². The number of fused-ring (bicyclic) bond motifs is 1. The standard InChI is InChI=1S/C25H24ClN3O4S/c26-17-7-5-16(6-8-17)14-32-18-3-1-4-19(11-18)33-15-22-20-12-28-13-21(23(20)34-24(22)27)25(31)29-9-2-10-30/h1,3-8,11-13,30H,2,9-10,14-15,27H2,(H,29,31). The number of nitrogens with two attached hydrogens (primary N) is 1. The van der Waals surface area contributed by atoms with Gasteiger partial charge in [0.25, 0.3) is 5.91 Å². The highest BCUT2D eigenvalue weighted by Crippen LogP contribution is 2.36. The van der Waals surface area contributed by atoms with Crippen LogP contribution in [0.2, 0.25) is 5.02 Å². The molecule has 34 heavy (non-hydrogen) atoms. The summed E-state index contributed by atoms with van der Waals surface area (Å²) in [6.45, 7) is 1.05. The van der Waals surface area contributed by atoms with Crippen LogP contribution in [0.5, 0.6) is 11.5 Å². The Hall–Kier alpha value is -3.33. The first kappa shape index (κ1) is 23.8. The fraction of sp³-hybridized carbons (Fsp3) is 0.200. The lowest BCUT2D eigenvalue weighted by molar-refractivity contribution is 0.0952. The number of pyridine rings is 1. The molecule has 0 unspecified atom stereocenters. The van der Waals surface area contributed by atoms with Crippen LogP contribution in [0, 0.1) is 0 Å². The van der Waals surface area contributed by atoms with E-state index in [0.717, 1.165) is 21.2 Å². The Kier molecular flexibility index (Phi) is 7.84. The number of hydrogen-bond donors (Lipinski definition) is 3. The van der Waals surface area contributed by atoms with Crippen LogP contribution in [0.4, 0.5) is 5.00 Å². The van der Waals surface area contributed by atoms with Crippen molar-refractivity contribution < 1.29 is 19.4 Å². The maximum absolute atomic E-state index is 12.5. The molecule has 2 aromatic heterocycles. The zero-order chi connectivity index (χ0) is 23.9. The number of anilines is 1. The van der Waals surface area contributed by atoms with E-state index in [9.17, 15) is 4.79 Å². The number of aliphatic hydroxyl groups excluding tert-OH is 1. The maximum Gasteiger partial charge on any atom is 0.254 e. The molecule has 4 N–H and O–H groups in total. The second kappa shape index (κ2) is 11.2. The van der Waals surface area contributed by atoms with Crippen LogP contribution in [0.25, 0.3) is 10.1 Å². The topological polar surface area (TPSA) is 107 Å². The molecule has 0 radical (unpaired) electrons. The van der Waals surface area contributed by atoms with Gasteiger partial charge in [-0.1, -0.05) is 29.8 Å². The highest BCUT2D eigenvalue weighted by molar-refractivity contribution is 7.23. The molecule has 0 spiro atoms. The van der Waals surface area contributed by atoms with Crippen molar-refractivity contribution >= 4 is 43.9 Å². The van der Waals surface area contributed by atoms with Crippen molar-refractivity contribution in [3.05, 3.63) is 82.6 Å².